The highest BCUT2D eigenvalue weighted by Gasteiger charge is 2.52. The molecule has 2 saturated heterocycles. The van der Waals surface area contributed by atoms with Gasteiger partial charge in [0, 0.05) is 19.5 Å². The molecule has 7 N–H and O–H groups in total. The standard InChI is InChI=1S/C67H102N6O22/c1-11-45(27-39(2)3)63(84)89-25-26-90-66(87)50(29-41(6)7)72-57(79)34-55(77)69-24-18-16-22-49(65(86)93-36-44-19-13-12-14-20-44)71-56(78)33-54(76)68-23-17-15-21-48(62(82)83)70-58(80)35-59(81)73-51(30-42(8)9)67(88)95-53-38-92-60-52(37-91-61(53)60)94-64(85)46(28-40(4)5)32-47(75)31-43(10)74/h12-14,19-20,39-42,45-46,48-53,60-61H,11,15-18,21-38H2,1-10H3,(H,68,76)(H,69,77)(H,70,80)(H,71,78)(H,72,79)(H,73,81)(H,82,83). The van der Waals surface area contributed by atoms with Gasteiger partial charge in [-0.05, 0) is 107 Å². The number of ketones is 2. The predicted octanol–water partition coefficient (Wildman–Crippen LogP) is 3.97. The molecule has 0 spiro atoms. The van der Waals surface area contributed by atoms with Gasteiger partial charge in [-0.15, -0.1) is 0 Å². The molecule has 0 saturated carbocycles. The van der Waals surface area contributed by atoms with E-state index in [9.17, 15) is 72.2 Å². The van der Waals surface area contributed by atoms with E-state index >= 15 is 0 Å². The number of hydrogen-bond donors (Lipinski definition) is 7. The third-order valence-corrected chi connectivity index (χ3v) is 15.2. The summed E-state index contributed by atoms with van der Waals surface area (Å²) in [5, 5.41) is 25.0. The molecule has 10 atom stereocenters. The summed E-state index contributed by atoms with van der Waals surface area (Å²) in [4.78, 5) is 179. The fourth-order valence-corrected chi connectivity index (χ4v) is 10.7. The van der Waals surface area contributed by atoms with Gasteiger partial charge in [-0.1, -0.05) is 92.6 Å². The molecule has 2 aliphatic rings. The molecule has 2 fully saturated rings. The minimum absolute atomic E-state index is 0.00203. The highest BCUT2D eigenvalue weighted by molar-refractivity contribution is 6.01. The summed E-state index contributed by atoms with van der Waals surface area (Å²) < 4.78 is 39.3. The van der Waals surface area contributed by atoms with E-state index < -0.39 is 139 Å². The zero-order chi connectivity index (χ0) is 70.7. The number of carbonyl (C=O) groups is 14. The number of Topliss-reactive ketones (excluding diaryl/α,β-unsaturated/α-hetero) is 2. The molecule has 95 heavy (non-hydrogen) atoms. The summed E-state index contributed by atoms with van der Waals surface area (Å²) in [5.74, 6) is -11.1. The first kappa shape index (κ1) is 81.4. The lowest BCUT2D eigenvalue weighted by atomic mass is 9.91. The topological polar surface area (TPSA) is 396 Å². The van der Waals surface area contributed by atoms with Crippen molar-refractivity contribution in [2.75, 3.05) is 39.5 Å². The Morgan fingerprint density at radius 2 is 0.905 bits per heavy atom. The average molecular weight is 1340 g/mol. The second kappa shape index (κ2) is 43.2. The summed E-state index contributed by atoms with van der Waals surface area (Å²) in [7, 11) is 0. The van der Waals surface area contributed by atoms with Crippen LogP contribution in [0, 0.1) is 35.5 Å². The molecule has 0 aliphatic carbocycles. The number of fused-ring (bicyclic) bond motifs is 1. The van der Waals surface area contributed by atoms with Gasteiger partial charge in [-0.25, -0.2) is 19.2 Å². The van der Waals surface area contributed by atoms with Gasteiger partial charge < -0.3 is 70.2 Å². The van der Waals surface area contributed by atoms with Crippen molar-refractivity contribution in [1.29, 1.82) is 0 Å². The molecule has 0 bridgehead atoms. The van der Waals surface area contributed by atoms with Crippen molar-refractivity contribution in [3.8, 4) is 0 Å². The van der Waals surface area contributed by atoms with Gasteiger partial charge in [0.25, 0.3) is 0 Å². The van der Waals surface area contributed by atoms with Crippen LogP contribution in [-0.4, -0.2) is 176 Å². The van der Waals surface area contributed by atoms with Gasteiger partial charge in [0.05, 0.1) is 31.5 Å². The SMILES string of the molecule is CCC(CC(C)C)C(=O)OCCOC(=O)C(CC(C)C)NC(=O)CC(=O)NCCCCC(NC(=O)CC(=O)NCCCCC(NC(=O)CC(=O)NC(CC(C)C)C(=O)OC1COC2C(OC(=O)C(CC(=O)CC(C)=O)CC(C)C)COC12)C(=O)O)C(=O)OCc1ccccc1. The molecule has 2 aliphatic heterocycles. The van der Waals surface area contributed by atoms with Crippen molar-refractivity contribution in [3.63, 3.8) is 0 Å². The molecule has 0 aromatic heterocycles. The number of carboxylic acids is 1. The minimum Gasteiger partial charge on any atom is -0.480 e. The quantitative estimate of drug-likeness (QED) is 0.0210. The zero-order valence-corrected chi connectivity index (χ0v) is 56.8. The first-order chi connectivity index (χ1) is 44.9. The van der Waals surface area contributed by atoms with Gasteiger partial charge >= 0.3 is 35.8 Å². The minimum atomic E-state index is -1.44. The van der Waals surface area contributed by atoms with Crippen LogP contribution < -0.4 is 31.9 Å². The van der Waals surface area contributed by atoms with Crippen LogP contribution in [0.3, 0.4) is 0 Å². The summed E-state index contributed by atoms with van der Waals surface area (Å²) in [6.07, 6.45) is -3.21. The first-order valence-corrected chi connectivity index (χ1v) is 33.1. The molecule has 532 valence electrons. The summed E-state index contributed by atoms with van der Waals surface area (Å²) >= 11 is 0. The second-order valence-electron chi connectivity index (χ2n) is 26.0. The summed E-state index contributed by atoms with van der Waals surface area (Å²) in [6.45, 7) is 17.7. The van der Waals surface area contributed by atoms with Crippen molar-refractivity contribution in [3.05, 3.63) is 35.9 Å². The molecule has 3 rings (SSSR count). The van der Waals surface area contributed by atoms with Gasteiger partial charge in [0.2, 0.25) is 35.4 Å². The molecule has 28 nitrogen and oxygen atoms in total. The molecule has 1 aromatic rings. The first-order valence-electron chi connectivity index (χ1n) is 33.1. The maximum absolute atomic E-state index is 13.6. The third kappa shape index (κ3) is 32.9. The number of rotatable bonds is 46. The Kier molecular flexibility index (Phi) is 37.0. The predicted molar refractivity (Wildman–Crippen MR) is 340 cm³/mol. The number of benzene rings is 1. The molecule has 1 aromatic carbocycles. The summed E-state index contributed by atoms with van der Waals surface area (Å²) in [6, 6.07) is 3.87. The highest BCUT2D eigenvalue weighted by Crippen LogP contribution is 2.32. The Balaban J connectivity index is 1.44. The van der Waals surface area contributed by atoms with Crippen LogP contribution in [0.15, 0.2) is 30.3 Å². The van der Waals surface area contributed by atoms with Crippen LogP contribution in [0.4, 0.5) is 0 Å². The molecule has 2 heterocycles. The number of unbranched alkanes of at least 4 members (excludes halogenated alkanes) is 2. The van der Waals surface area contributed by atoms with Gasteiger partial charge in [0.1, 0.15) is 87.0 Å². The van der Waals surface area contributed by atoms with E-state index in [4.69, 9.17) is 33.2 Å². The lowest BCUT2D eigenvalue weighted by molar-refractivity contribution is -0.161. The van der Waals surface area contributed by atoms with Crippen molar-refractivity contribution in [1.82, 2.24) is 31.9 Å². The molecule has 6 amide bonds. The second-order valence-corrected chi connectivity index (χ2v) is 26.0. The van der Waals surface area contributed by atoms with Crippen molar-refractivity contribution in [2.45, 2.75) is 227 Å². The number of ether oxygens (including phenoxy) is 7. The van der Waals surface area contributed by atoms with Crippen LogP contribution >= 0.6 is 0 Å². The normalized spacial score (nSPS) is 17.6. The van der Waals surface area contributed by atoms with E-state index in [0.717, 1.165) is 0 Å². The van der Waals surface area contributed by atoms with E-state index in [1.807, 2.05) is 48.5 Å². The molecule has 0 radical (unpaired) electrons. The average Bonchev–Trinajstić information content (AvgIpc) is 1.65. The molecule has 10 unspecified atom stereocenters. The number of amides is 6. The largest absolute Gasteiger partial charge is 0.480 e. The number of carbonyl (C=O) groups excluding carboxylic acids is 13. The van der Waals surface area contributed by atoms with Crippen molar-refractivity contribution in [2.24, 2.45) is 35.5 Å². The van der Waals surface area contributed by atoms with Crippen molar-refractivity contribution < 1.29 is 105 Å². The Bertz CT molecular complexity index is 2720. The molecular formula is C67H102N6O22. The molecule has 28 heteroatoms. The van der Waals surface area contributed by atoms with Gasteiger partial charge in [-0.2, -0.15) is 0 Å². The van der Waals surface area contributed by atoms with Gasteiger partial charge in [0.15, 0.2) is 12.2 Å². The number of nitrogens with one attached hydrogen (secondary N) is 6. The number of esters is 5. The lowest BCUT2D eigenvalue weighted by Crippen LogP contribution is -2.47. The van der Waals surface area contributed by atoms with Crippen molar-refractivity contribution >= 4 is 82.8 Å². The van der Waals surface area contributed by atoms with E-state index in [1.165, 1.54) is 6.92 Å². The van der Waals surface area contributed by atoms with Crippen LogP contribution in [-0.2, 0) is 107 Å². The van der Waals surface area contributed by atoms with Crippen LogP contribution in [0.5, 0.6) is 0 Å². The maximum Gasteiger partial charge on any atom is 0.329 e. The Morgan fingerprint density at radius 3 is 1.38 bits per heavy atom. The fraction of sp³-hybridized carbons (Fsp3) is 0.701. The van der Waals surface area contributed by atoms with Crippen LogP contribution in [0.1, 0.15) is 178 Å². The van der Waals surface area contributed by atoms with E-state index in [0.29, 0.717) is 37.2 Å². The van der Waals surface area contributed by atoms with E-state index in [2.05, 4.69) is 31.9 Å². The summed E-state index contributed by atoms with van der Waals surface area (Å²) in [5.41, 5.74) is 0.681. The Labute approximate surface area is 556 Å². The van der Waals surface area contributed by atoms with Crippen LogP contribution in [0.2, 0.25) is 0 Å². The smallest absolute Gasteiger partial charge is 0.329 e. The molecular weight excluding hydrogens is 1240 g/mol. The number of carboxylic acid groups (broad SMARTS) is 1. The highest BCUT2D eigenvalue weighted by atomic mass is 16.7. The van der Waals surface area contributed by atoms with E-state index in [-0.39, 0.29) is 145 Å². The fourth-order valence-electron chi connectivity index (χ4n) is 10.7. The Morgan fingerprint density at radius 1 is 0.484 bits per heavy atom. The zero-order valence-electron chi connectivity index (χ0n) is 56.8. The third-order valence-electron chi connectivity index (χ3n) is 15.2. The monoisotopic (exact) mass is 1340 g/mol. The Hall–Kier alpha value is -7.88. The van der Waals surface area contributed by atoms with Crippen LogP contribution in [0.25, 0.3) is 0 Å². The number of aliphatic carboxylic acids is 1. The number of hydrogen-bond acceptors (Lipinski definition) is 21. The maximum atomic E-state index is 13.6. The van der Waals surface area contributed by atoms with E-state index in [1.54, 1.807) is 44.2 Å². The van der Waals surface area contributed by atoms with Gasteiger partial charge in [-0.3, -0.25) is 47.9 Å². The lowest BCUT2D eigenvalue weighted by Gasteiger charge is -2.23.